The summed E-state index contributed by atoms with van der Waals surface area (Å²) in [7, 11) is -3.58. The molecule has 0 aliphatic carbocycles. The maximum atomic E-state index is 12.0. The second kappa shape index (κ2) is 5.64. The number of ether oxygens (including phenoxy) is 1. The summed E-state index contributed by atoms with van der Waals surface area (Å²) in [6.07, 6.45) is 4.35. The lowest BCUT2D eigenvalue weighted by atomic mass is 10.2. The SMILES string of the molecule is Nc1ncccc1S(=O)(=O)NCCC1CCCO1. The van der Waals surface area contributed by atoms with Crippen LogP contribution in [-0.2, 0) is 14.8 Å². The van der Waals surface area contributed by atoms with E-state index in [1.54, 1.807) is 6.07 Å². The van der Waals surface area contributed by atoms with Crippen LogP contribution in [-0.4, -0.2) is 32.7 Å². The highest BCUT2D eigenvalue weighted by Gasteiger charge is 2.19. The molecule has 6 nitrogen and oxygen atoms in total. The molecule has 1 atom stereocenters. The lowest BCUT2D eigenvalue weighted by Gasteiger charge is -2.11. The molecule has 0 radical (unpaired) electrons. The minimum absolute atomic E-state index is 0.0158. The summed E-state index contributed by atoms with van der Waals surface area (Å²) in [4.78, 5) is 3.79. The van der Waals surface area contributed by atoms with Crippen LogP contribution in [0.1, 0.15) is 19.3 Å². The van der Waals surface area contributed by atoms with Crippen molar-refractivity contribution in [2.24, 2.45) is 0 Å². The van der Waals surface area contributed by atoms with Gasteiger partial charge in [0, 0.05) is 19.3 Å². The van der Waals surface area contributed by atoms with E-state index >= 15 is 0 Å². The fourth-order valence-electron chi connectivity index (χ4n) is 1.93. The molecule has 100 valence electrons. The van der Waals surface area contributed by atoms with Gasteiger partial charge in [-0.25, -0.2) is 18.1 Å². The van der Waals surface area contributed by atoms with Gasteiger partial charge in [-0.15, -0.1) is 0 Å². The van der Waals surface area contributed by atoms with Gasteiger partial charge in [-0.05, 0) is 31.4 Å². The molecule has 1 saturated heterocycles. The number of nitrogens with two attached hydrogens (primary N) is 1. The second-order valence-corrected chi connectivity index (χ2v) is 5.94. The molecule has 1 unspecified atom stereocenters. The van der Waals surface area contributed by atoms with Crippen LogP contribution in [0, 0.1) is 0 Å². The van der Waals surface area contributed by atoms with Crippen LogP contribution in [0.4, 0.5) is 5.82 Å². The van der Waals surface area contributed by atoms with E-state index in [-0.39, 0.29) is 16.8 Å². The molecule has 1 aliphatic rings. The standard InChI is InChI=1S/C11H17N3O3S/c12-11-10(4-1-6-13-11)18(15,16)14-7-5-9-3-2-8-17-9/h1,4,6,9,14H,2-3,5,7-8H2,(H2,12,13). The van der Waals surface area contributed by atoms with Gasteiger partial charge < -0.3 is 10.5 Å². The predicted octanol–water partition coefficient (Wildman–Crippen LogP) is 0.511. The number of nitrogens with zero attached hydrogens (tertiary/aromatic N) is 1. The van der Waals surface area contributed by atoms with Crippen LogP contribution in [0.15, 0.2) is 23.2 Å². The first-order chi connectivity index (χ1) is 8.59. The van der Waals surface area contributed by atoms with Crippen molar-refractivity contribution in [3.63, 3.8) is 0 Å². The summed E-state index contributed by atoms with van der Waals surface area (Å²) in [5, 5.41) is 0. The quantitative estimate of drug-likeness (QED) is 0.813. The molecule has 2 heterocycles. The summed E-state index contributed by atoms with van der Waals surface area (Å²) in [6.45, 7) is 1.12. The fraction of sp³-hybridized carbons (Fsp3) is 0.545. The van der Waals surface area contributed by atoms with Crippen molar-refractivity contribution in [1.82, 2.24) is 9.71 Å². The van der Waals surface area contributed by atoms with Gasteiger partial charge in [-0.1, -0.05) is 0 Å². The Balaban J connectivity index is 1.93. The maximum Gasteiger partial charge on any atom is 0.244 e. The van der Waals surface area contributed by atoms with E-state index in [1.165, 1.54) is 12.3 Å². The molecular formula is C11H17N3O3S. The molecule has 0 spiro atoms. The van der Waals surface area contributed by atoms with E-state index in [0.717, 1.165) is 19.4 Å². The molecule has 3 N–H and O–H groups in total. The van der Waals surface area contributed by atoms with Crippen molar-refractivity contribution in [2.75, 3.05) is 18.9 Å². The summed E-state index contributed by atoms with van der Waals surface area (Å²) in [6, 6.07) is 2.99. The summed E-state index contributed by atoms with van der Waals surface area (Å²) in [5.74, 6) is 0.0158. The number of rotatable bonds is 5. The van der Waals surface area contributed by atoms with Crippen molar-refractivity contribution in [2.45, 2.75) is 30.3 Å². The minimum Gasteiger partial charge on any atom is -0.383 e. The van der Waals surface area contributed by atoms with Crippen LogP contribution in [0.5, 0.6) is 0 Å². The zero-order valence-electron chi connectivity index (χ0n) is 10.0. The van der Waals surface area contributed by atoms with Crippen LogP contribution >= 0.6 is 0 Å². The molecular weight excluding hydrogens is 254 g/mol. The Morgan fingerprint density at radius 2 is 2.39 bits per heavy atom. The Labute approximate surface area is 107 Å². The van der Waals surface area contributed by atoms with Crippen molar-refractivity contribution < 1.29 is 13.2 Å². The average molecular weight is 271 g/mol. The van der Waals surface area contributed by atoms with E-state index < -0.39 is 10.0 Å². The lowest BCUT2D eigenvalue weighted by molar-refractivity contribution is 0.105. The molecule has 0 saturated carbocycles. The molecule has 1 aromatic rings. The summed E-state index contributed by atoms with van der Waals surface area (Å²) >= 11 is 0. The molecule has 0 aromatic carbocycles. The van der Waals surface area contributed by atoms with Gasteiger partial charge in [0.05, 0.1) is 6.10 Å². The number of aromatic nitrogens is 1. The molecule has 1 aliphatic heterocycles. The zero-order valence-corrected chi connectivity index (χ0v) is 10.8. The number of anilines is 1. The molecule has 1 aromatic heterocycles. The first kappa shape index (κ1) is 13.3. The number of hydrogen-bond donors (Lipinski definition) is 2. The molecule has 2 rings (SSSR count). The smallest absolute Gasteiger partial charge is 0.244 e. The van der Waals surface area contributed by atoms with Gasteiger partial charge in [0.25, 0.3) is 0 Å². The van der Waals surface area contributed by atoms with E-state index in [2.05, 4.69) is 9.71 Å². The van der Waals surface area contributed by atoms with Gasteiger partial charge >= 0.3 is 0 Å². The summed E-state index contributed by atoms with van der Waals surface area (Å²) < 4.78 is 31.9. The number of nitrogens with one attached hydrogen (secondary N) is 1. The van der Waals surface area contributed by atoms with Crippen LogP contribution < -0.4 is 10.5 Å². The highest BCUT2D eigenvalue weighted by molar-refractivity contribution is 7.89. The van der Waals surface area contributed by atoms with E-state index in [0.29, 0.717) is 13.0 Å². The third-order valence-electron chi connectivity index (χ3n) is 2.87. The Morgan fingerprint density at radius 3 is 3.06 bits per heavy atom. The largest absolute Gasteiger partial charge is 0.383 e. The Bertz CT molecular complexity index is 498. The maximum absolute atomic E-state index is 12.0. The molecule has 0 bridgehead atoms. The number of sulfonamides is 1. The van der Waals surface area contributed by atoms with Crippen molar-refractivity contribution in [3.8, 4) is 0 Å². The van der Waals surface area contributed by atoms with Crippen LogP contribution in [0.25, 0.3) is 0 Å². The number of nitrogen functional groups attached to an aromatic ring is 1. The van der Waals surface area contributed by atoms with Gasteiger partial charge in [0.15, 0.2) is 0 Å². The highest BCUT2D eigenvalue weighted by atomic mass is 32.2. The molecule has 18 heavy (non-hydrogen) atoms. The van der Waals surface area contributed by atoms with Crippen molar-refractivity contribution in [3.05, 3.63) is 18.3 Å². The number of hydrogen-bond acceptors (Lipinski definition) is 5. The van der Waals surface area contributed by atoms with E-state index in [4.69, 9.17) is 10.5 Å². The van der Waals surface area contributed by atoms with Gasteiger partial charge in [0.1, 0.15) is 10.7 Å². The van der Waals surface area contributed by atoms with Gasteiger partial charge in [0.2, 0.25) is 10.0 Å². The van der Waals surface area contributed by atoms with Gasteiger partial charge in [-0.2, -0.15) is 0 Å². The minimum atomic E-state index is -3.58. The Kier molecular flexibility index (Phi) is 4.15. The highest BCUT2D eigenvalue weighted by Crippen LogP contribution is 2.16. The monoisotopic (exact) mass is 271 g/mol. The van der Waals surface area contributed by atoms with Gasteiger partial charge in [-0.3, -0.25) is 0 Å². The van der Waals surface area contributed by atoms with E-state index in [9.17, 15) is 8.42 Å². The normalized spacial score (nSPS) is 20.1. The molecule has 1 fully saturated rings. The average Bonchev–Trinajstić information content (AvgIpc) is 2.82. The van der Waals surface area contributed by atoms with Crippen LogP contribution in [0.2, 0.25) is 0 Å². The Hall–Kier alpha value is -1.18. The molecule has 0 amide bonds. The first-order valence-corrected chi connectivity index (χ1v) is 7.39. The first-order valence-electron chi connectivity index (χ1n) is 5.91. The third-order valence-corrected chi connectivity index (χ3v) is 4.38. The van der Waals surface area contributed by atoms with Crippen LogP contribution in [0.3, 0.4) is 0 Å². The van der Waals surface area contributed by atoms with Crippen molar-refractivity contribution in [1.29, 1.82) is 0 Å². The fourth-order valence-corrected chi connectivity index (χ4v) is 3.06. The zero-order chi connectivity index (χ0) is 13.0. The number of pyridine rings is 1. The molecule has 7 heteroatoms. The second-order valence-electron chi connectivity index (χ2n) is 4.21. The predicted molar refractivity (Wildman–Crippen MR) is 67.4 cm³/mol. The third kappa shape index (κ3) is 3.18. The lowest BCUT2D eigenvalue weighted by Crippen LogP contribution is -2.28. The summed E-state index contributed by atoms with van der Waals surface area (Å²) in [5.41, 5.74) is 5.55. The topological polar surface area (TPSA) is 94.3 Å². The van der Waals surface area contributed by atoms with E-state index in [1.807, 2.05) is 0 Å². The Morgan fingerprint density at radius 1 is 1.56 bits per heavy atom. The van der Waals surface area contributed by atoms with Crippen molar-refractivity contribution >= 4 is 15.8 Å².